The molecule has 5 rings (SSSR count). The van der Waals surface area contributed by atoms with Crippen molar-refractivity contribution in [3.05, 3.63) is 136 Å². The number of azide groups is 1. The first kappa shape index (κ1) is 31.7. The van der Waals surface area contributed by atoms with Crippen LogP contribution in [0, 0.1) is 0 Å². The quantitative estimate of drug-likeness (QED) is 0.0687. The van der Waals surface area contributed by atoms with E-state index in [1.807, 2.05) is 91.9 Å². The Morgan fingerprint density at radius 3 is 2.42 bits per heavy atom. The van der Waals surface area contributed by atoms with Gasteiger partial charge in [-0.25, -0.2) is 4.99 Å². The van der Waals surface area contributed by atoms with Crippen LogP contribution >= 0.6 is 11.8 Å². The Balaban J connectivity index is 1.44. The second kappa shape index (κ2) is 15.3. The van der Waals surface area contributed by atoms with Crippen molar-refractivity contribution in [1.82, 2.24) is 5.32 Å². The number of carbonyl (C=O) groups is 1. The number of nitrogens with zero attached hydrogens (tertiary/aromatic N) is 4. The Labute approximate surface area is 266 Å². The minimum Gasteiger partial charge on any atom is -0.494 e. The monoisotopic (exact) mass is 621 g/mol. The van der Waals surface area contributed by atoms with E-state index in [0.717, 1.165) is 32.0 Å². The number of amides is 1. The van der Waals surface area contributed by atoms with E-state index >= 15 is 0 Å². The fraction of sp³-hybridized carbons (Fsp3) is 0.257. The fourth-order valence-corrected chi connectivity index (χ4v) is 6.08. The molecule has 0 fully saturated rings. The zero-order chi connectivity index (χ0) is 31.5. The third kappa shape index (κ3) is 7.85. The maximum atomic E-state index is 14.3. The molecule has 1 heterocycles. The van der Waals surface area contributed by atoms with E-state index in [4.69, 9.17) is 25.1 Å². The van der Waals surface area contributed by atoms with Crippen LogP contribution in [0.25, 0.3) is 10.4 Å². The van der Waals surface area contributed by atoms with E-state index in [0.29, 0.717) is 31.2 Å². The third-order valence-electron chi connectivity index (χ3n) is 7.59. The highest BCUT2D eigenvalue weighted by molar-refractivity contribution is 7.99. The first-order valence-electron chi connectivity index (χ1n) is 14.8. The Morgan fingerprint density at radius 2 is 1.69 bits per heavy atom. The fourth-order valence-electron chi connectivity index (χ4n) is 5.12. The second-order valence-electron chi connectivity index (χ2n) is 10.6. The first-order valence-corrected chi connectivity index (χ1v) is 15.6. The number of benzene rings is 4. The number of carbonyl (C=O) groups excluding carboxylic acids is 1. The average molecular weight is 622 g/mol. The normalized spacial score (nSPS) is 17.1. The lowest BCUT2D eigenvalue weighted by atomic mass is 9.84. The van der Waals surface area contributed by atoms with Crippen LogP contribution in [0.5, 0.6) is 5.75 Å². The molecular weight excluding hydrogens is 586 g/mol. The van der Waals surface area contributed by atoms with Gasteiger partial charge in [0, 0.05) is 46.3 Å². The van der Waals surface area contributed by atoms with Gasteiger partial charge in [0.2, 0.25) is 5.90 Å². The summed E-state index contributed by atoms with van der Waals surface area (Å²) in [5.74, 6) is 0.779. The molecular formula is C35H35N5O4S. The van der Waals surface area contributed by atoms with Gasteiger partial charge < -0.3 is 19.9 Å². The number of aliphatic imine (C=N–C) groups is 1. The molecule has 0 spiro atoms. The van der Waals surface area contributed by atoms with Crippen LogP contribution < -0.4 is 10.1 Å². The summed E-state index contributed by atoms with van der Waals surface area (Å²) in [4.78, 5) is 24.4. The number of ether oxygens (including phenoxy) is 2. The minimum atomic E-state index is -1.28. The van der Waals surface area contributed by atoms with E-state index in [9.17, 15) is 4.79 Å². The van der Waals surface area contributed by atoms with Gasteiger partial charge in [-0.2, -0.15) is 0 Å². The van der Waals surface area contributed by atoms with Crippen LogP contribution in [-0.2, 0) is 29.0 Å². The Morgan fingerprint density at radius 1 is 1.00 bits per heavy atom. The number of hydrogen-bond acceptors (Lipinski definition) is 7. The molecule has 2 N–H and O–H groups in total. The van der Waals surface area contributed by atoms with E-state index in [1.54, 1.807) is 11.8 Å². The van der Waals surface area contributed by atoms with Crippen LogP contribution in [0.4, 0.5) is 0 Å². The van der Waals surface area contributed by atoms with E-state index in [2.05, 4.69) is 33.5 Å². The largest absolute Gasteiger partial charge is 0.494 e. The molecule has 1 aliphatic heterocycles. The van der Waals surface area contributed by atoms with Crippen molar-refractivity contribution in [3.63, 3.8) is 0 Å². The van der Waals surface area contributed by atoms with Gasteiger partial charge in [0.15, 0.2) is 5.54 Å². The number of rotatable bonds is 14. The minimum absolute atomic E-state index is 0.0637. The Kier molecular flexibility index (Phi) is 10.8. The highest BCUT2D eigenvalue weighted by Gasteiger charge is 2.50. The van der Waals surface area contributed by atoms with Gasteiger partial charge in [-0.1, -0.05) is 77.5 Å². The van der Waals surface area contributed by atoms with E-state index in [-0.39, 0.29) is 25.5 Å². The van der Waals surface area contributed by atoms with Crippen LogP contribution in [-0.4, -0.2) is 41.8 Å². The lowest BCUT2D eigenvalue weighted by Crippen LogP contribution is -2.52. The summed E-state index contributed by atoms with van der Waals surface area (Å²) in [6.07, 6.45) is 0.210. The van der Waals surface area contributed by atoms with E-state index < -0.39 is 11.6 Å². The summed E-state index contributed by atoms with van der Waals surface area (Å²) in [7, 11) is 0. The van der Waals surface area contributed by atoms with Gasteiger partial charge in [0.05, 0.1) is 13.2 Å². The van der Waals surface area contributed by atoms with Gasteiger partial charge in [0.25, 0.3) is 5.91 Å². The number of hydrogen-bond donors (Lipinski definition) is 2. The maximum absolute atomic E-state index is 14.3. The smallest absolute Gasteiger partial charge is 0.252 e. The number of aliphatic hydroxyl groups excluding tert-OH is 1. The summed E-state index contributed by atoms with van der Waals surface area (Å²) in [5, 5.41) is 16.0. The van der Waals surface area contributed by atoms with Crippen molar-refractivity contribution in [2.45, 2.75) is 54.3 Å². The highest BCUT2D eigenvalue weighted by Crippen LogP contribution is 2.35. The van der Waals surface area contributed by atoms with Crippen molar-refractivity contribution in [2.24, 2.45) is 10.1 Å². The molecule has 0 unspecified atom stereocenters. The summed E-state index contributed by atoms with van der Waals surface area (Å²) in [6.45, 7) is 2.81. The molecule has 9 nitrogen and oxygen atoms in total. The van der Waals surface area contributed by atoms with Crippen molar-refractivity contribution < 1.29 is 19.4 Å². The summed E-state index contributed by atoms with van der Waals surface area (Å²) < 4.78 is 12.0. The zero-order valence-corrected chi connectivity index (χ0v) is 25.8. The molecule has 0 bridgehead atoms. The summed E-state index contributed by atoms with van der Waals surface area (Å²) >= 11 is 1.65. The predicted molar refractivity (Wildman–Crippen MR) is 175 cm³/mol. The van der Waals surface area contributed by atoms with E-state index in [1.165, 1.54) is 0 Å². The summed E-state index contributed by atoms with van der Waals surface area (Å²) in [5.41, 5.74) is 11.1. The molecule has 45 heavy (non-hydrogen) atoms. The van der Waals surface area contributed by atoms with Crippen molar-refractivity contribution in [1.29, 1.82) is 0 Å². The molecule has 1 aliphatic rings. The maximum Gasteiger partial charge on any atom is 0.252 e. The highest BCUT2D eigenvalue weighted by atomic mass is 32.2. The Bertz CT molecular complexity index is 1680. The predicted octanol–water partition coefficient (Wildman–Crippen LogP) is 6.87. The van der Waals surface area contributed by atoms with Gasteiger partial charge in [-0.15, -0.1) is 0 Å². The van der Waals surface area contributed by atoms with Crippen LogP contribution in [0.1, 0.15) is 35.6 Å². The molecule has 4 aromatic rings. The lowest BCUT2D eigenvalue weighted by Gasteiger charge is -2.29. The van der Waals surface area contributed by atoms with Crippen molar-refractivity contribution >= 4 is 23.6 Å². The molecule has 10 heteroatoms. The topological polar surface area (TPSA) is 129 Å². The third-order valence-corrected chi connectivity index (χ3v) is 8.72. The van der Waals surface area contributed by atoms with Crippen LogP contribution in [0.2, 0.25) is 0 Å². The van der Waals surface area contributed by atoms with Gasteiger partial charge >= 0.3 is 0 Å². The molecule has 0 radical (unpaired) electrons. The van der Waals surface area contributed by atoms with Gasteiger partial charge in [0.1, 0.15) is 11.9 Å². The number of nitrogens with one attached hydrogen (secondary N) is 1. The molecule has 0 aliphatic carbocycles. The van der Waals surface area contributed by atoms with Crippen LogP contribution in [0.3, 0.4) is 0 Å². The molecule has 230 valence electrons. The molecule has 1 amide bonds. The molecule has 2 atom stereocenters. The first-order chi connectivity index (χ1) is 22.0. The molecule has 0 saturated heterocycles. The molecule has 0 saturated carbocycles. The average Bonchev–Trinajstić information content (AvgIpc) is 3.41. The number of aliphatic hydroxyl groups is 1. The van der Waals surface area contributed by atoms with Gasteiger partial charge in [-0.3, -0.25) is 4.79 Å². The second-order valence-corrected chi connectivity index (χ2v) is 11.7. The lowest BCUT2D eigenvalue weighted by molar-refractivity contribution is -0.128. The summed E-state index contributed by atoms with van der Waals surface area (Å²) in [6, 6.07) is 33.1. The zero-order valence-electron chi connectivity index (χ0n) is 25.0. The standard InChI is InChI=1S/C35H35N5O4S/c1-25-35(22-27-10-5-6-11-28(27)24-38-40-36,39-33(44-25)26-16-18-30(19-17-26)43-21-9-20-41)34(42)37-23-29-12-7-8-15-32(29)45-31-13-3-2-4-14-31/h2-8,10-19,25,41H,9,20-24H2,1H3,(H,37,42)/t25-,35-/m1/s1. The Hall–Kier alpha value is -4.76. The van der Waals surface area contributed by atoms with Crippen molar-refractivity contribution in [2.75, 3.05) is 13.2 Å². The molecule has 0 aromatic heterocycles. The van der Waals surface area contributed by atoms with Gasteiger partial charge in [-0.05, 0) is 71.6 Å². The van der Waals surface area contributed by atoms with Crippen LogP contribution in [0.15, 0.2) is 123 Å². The SMILES string of the molecule is C[C@H]1OC(c2ccc(OCCCO)cc2)=N[C@@]1(Cc1ccccc1CN=[N+]=[N-])C(=O)NCc1ccccc1Sc1ccccc1. The molecule has 4 aromatic carbocycles. The van der Waals surface area contributed by atoms with Crippen molar-refractivity contribution in [3.8, 4) is 5.75 Å².